The molecule has 3 heteroatoms. The summed E-state index contributed by atoms with van der Waals surface area (Å²) in [6, 6.07) is 0. The van der Waals surface area contributed by atoms with Crippen LogP contribution in [0.5, 0.6) is 0 Å². The molecule has 0 aliphatic heterocycles. The van der Waals surface area contributed by atoms with Crippen molar-refractivity contribution in [1.82, 2.24) is 0 Å². The third kappa shape index (κ3) is 43.0. The van der Waals surface area contributed by atoms with Crippen LogP contribution in [0, 0.1) is 5.92 Å². The van der Waals surface area contributed by atoms with Crippen LogP contribution in [-0.4, -0.2) is 21.1 Å². The second-order valence-electron chi connectivity index (χ2n) is 5.01. The highest BCUT2D eigenvalue weighted by molar-refractivity contribution is 4.49. The van der Waals surface area contributed by atoms with Crippen LogP contribution in [0.25, 0.3) is 0 Å². The summed E-state index contributed by atoms with van der Waals surface area (Å²) in [7, 11) is 4.50. The van der Waals surface area contributed by atoms with Crippen molar-refractivity contribution in [2.24, 2.45) is 23.1 Å². The van der Waals surface area contributed by atoms with Crippen molar-refractivity contribution in [1.29, 1.82) is 0 Å². The second kappa shape index (κ2) is 36.4. The van der Waals surface area contributed by atoms with Crippen LogP contribution in [0.1, 0.15) is 85.0 Å². The Morgan fingerprint density at radius 3 is 1.15 bits per heavy atom. The lowest BCUT2D eigenvalue weighted by Gasteiger charge is -2.04. The molecule has 0 atom stereocenters. The molecule has 0 spiro atoms. The van der Waals surface area contributed by atoms with Gasteiger partial charge in [-0.1, -0.05) is 85.0 Å². The lowest BCUT2D eigenvalue weighted by molar-refractivity contribution is 0.507. The summed E-state index contributed by atoms with van der Waals surface area (Å²) in [5.41, 5.74) is 13.5. The van der Waals surface area contributed by atoms with Gasteiger partial charge in [0.15, 0.2) is 0 Å². The Morgan fingerprint density at radius 1 is 0.550 bits per heavy atom. The summed E-state index contributed by atoms with van der Waals surface area (Å²) in [4.78, 5) is 0. The number of hydrogen-bond donors (Lipinski definition) is 3. The highest BCUT2D eigenvalue weighted by atomic mass is 14.4. The first-order valence-electron chi connectivity index (χ1n) is 8.50. The molecule has 0 aromatic heterocycles. The van der Waals surface area contributed by atoms with E-state index in [4.69, 9.17) is 0 Å². The van der Waals surface area contributed by atoms with Crippen molar-refractivity contribution in [3.8, 4) is 0 Å². The molecule has 3 nitrogen and oxygen atoms in total. The minimum atomic E-state index is 0.902. The molecule has 0 aromatic rings. The summed E-state index contributed by atoms with van der Waals surface area (Å²) in [5, 5.41) is 0. The molecular formula is C17H45N3. The minimum absolute atomic E-state index is 0.902. The highest BCUT2D eigenvalue weighted by Crippen LogP contribution is 2.12. The first kappa shape index (κ1) is 28.1. The molecule has 0 bridgehead atoms. The Kier molecular flexibility index (Phi) is 51.1. The molecule has 0 aromatic carbocycles. The van der Waals surface area contributed by atoms with Gasteiger partial charge in [0.1, 0.15) is 0 Å². The molecule has 0 radical (unpaired) electrons. The van der Waals surface area contributed by atoms with E-state index in [9.17, 15) is 0 Å². The van der Waals surface area contributed by atoms with Gasteiger partial charge in [0.05, 0.1) is 0 Å². The lowest BCUT2D eigenvalue weighted by atomic mass is 10.0. The largest absolute Gasteiger partial charge is 0.333 e. The summed E-state index contributed by atoms with van der Waals surface area (Å²) in [5.74, 6) is 0.902. The molecule has 20 heavy (non-hydrogen) atoms. The molecule has 6 N–H and O–H groups in total. The fraction of sp³-hybridized carbons (Fsp3) is 1.00. The monoisotopic (exact) mass is 291 g/mol. The topological polar surface area (TPSA) is 78.1 Å². The van der Waals surface area contributed by atoms with Gasteiger partial charge in [-0.2, -0.15) is 0 Å². The van der Waals surface area contributed by atoms with Crippen LogP contribution in [0.4, 0.5) is 0 Å². The number of unbranched alkanes of at least 4 members (excludes halogenated alkanes) is 8. The van der Waals surface area contributed by atoms with Crippen molar-refractivity contribution in [2.75, 3.05) is 21.1 Å². The fourth-order valence-corrected chi connectivity index (χ4v) is 1.86. The molecule has 0 aliphatic carbocycles. The normalized spacial score (nSPS) is 8.70. The zero-order valence-corrected chi connectivity index (χ0v) is 15.4. The summed E-state index contributed by atoms with van der Waals surface area (Å²) < 4.78 is 0. The van der Waals surface area contributed by atoms with Gasteiger partial charge in [0.25, 0.3) is 0 Å². The molecule has 128 valence electrons. The third-order valence-corrected chi connectivity index (χ3v) is 2.89. The van der Waals surface area contributed by atoms with Gasteiger partial charge in [0.2, 0.25) is 0 Å². The average molecular weight is 292 g/mol. The van der Waals surface area contributed by atoms with Crippen LogP contribution >= 0.6 is 0 Å². The maximum Gasteiger partial charge on any atom is -0.0195 e. The maximum atomic E-state index is 4.50. The van der Waals surface area contributed by atoms with Gasteiger partial charge in [-0.25, -0.2) is 0 Å². The van der Waals surface area contributed by atoms with Crippen molar-refractivity contribution < 1.29 is 0 Å². The van der Waals surface area contributed by atoms with Gasteiger partial charge in [-0.3, -0.25) is 0 Å². The Hall–Kier alpha value is -0.120. The van der Waals surface area contributed by atoms with Crippen molar-refractivity contribution >= 4 is 0 Å². The van der Waals surface area contributed by atoms with Gasteiger partial charge in [-0.15, -0.1) is 0 Å². The van der Waals surface area contributed by atoms with E-state index < -0.39 is 0 Å². The summed E-state index contributed by atoms with van der Waals surface area (Å²) in [6.45, 7) is 6.93. The highest BCUT2D eigenvalue weighted by Gasteiger charge is 1.94. The van der Waals surface area contributed by atoms with Crippen LogP contribution < -0.4 is 17.2 Å². The molecule has 0 amide bonds. The van der Waals surface area contributed by atoms with Crippen LogP contribution in [0.3, 0.4) is 0 Å². The van der Waals surface area contributed by atoms with E-state index in [0.717, 1.165) is 5.92 Å². The molecule has 0 aliphatic rings. The zero-order valence-electron chi connectivity index (χ0n) is 15.4. The first-order chi connectivity index (χ1) is 9.77. The van der Waals surface area contributed by atoms with Gasteiger partial charge in [-0.05, 0) is 27.1 Å². The molecule has 0 rings (SSSR count). The smallest absolute Gasteiger partial charge is 0.0195 e. The van der Waals surface area contributed by atoms with Crippen molar-refractivity contribution in [3.63, 3.8) is 0 Å². The second-order valence-corrected chi connectivity index (χ2v) is 5.01. The van der Waals surface area contributed by atoms with Crippen LogP contribution in [0.15, 0.2) is 0 Å². The molecular weight excluding hydrogens is 246 g/mol. The van der Waals surface area contributed by atoms with E-state index in [2.05, 4.69) is 38.0 Å². The summed E-state index contributed by atoms with van der Waals surface area (Å²) >= 11 is 0. The Balaban J connectivity index is -0.000000187. The molecule has 0 saturated heterocycles. The lowest BCUT2D eigenvalue weighted by Crippen LogP contribution is -1.87. The van der Waals surface area contributed by atoms with Crippen LogP contribution in [-0.2, 0) is 0 Å². The van der Waals surface area contributed by atoms with Gasteiger partial charge >= 0.3 is 0 Å². The van der Waals surface area contributed by atoms with Crippen LogP contribution in [0.2, 0.25) is 0 Å². The van der Waals surface area contributed by atoms with E-state index in [-0.39, 0.29) is 0 Å². The van der Waals surface area contributed by atoms with Crippen molar-refractivity contribution in [2.45, 2.75) is 85.0 Å². The minimum Gasteiger partial charge on any atom is -0.333 e. The Bertz CT molecular complexity index is 106. The molecule has 0 saturated carbocycles. The fourth-order valence-electron chi connectivity index (χ4n) is 1.86. The third-order valence-electron chi connectivity index (χ3n) is 2.89. The number of rotatable bonds is 10. The van der Waals surface area contributed by atoms with E-state index in [0.29, 0.717) is 0 Å². The van der Waals surface area contributed by atoms with Crippen molar-refractivity contribution in [3.05, 3.63) is 0 Å². The van der Waals surface area contributed by atoms with E-state index >= 15 is 0 Å². The quantitative estimate of drug-likeness (QED) is 0.525. The van der Waals surface area contributed by atoms with E-state index in [1.807, 2.05) is 0 Å². The molecule has 0 heterocycles. The molecule has 0 unspecified atom stereocenters. The summed E-state index contributed by atoms with van der Waals surface area (Å²) in [6.07, 6.45) is 14.5. The van der Waals surface area contributed by atoms with Gasteiger partial charge in [0, 0.05) is 0 Å². The van der Waals surface area contributed by atoms with E-state index in [1.165, 1.54) is 85.4 Å². The predicted molar refractivity (Wildman–Crippen MR) is 97.0 cm³/mol. The number of nitrogens with two attached hydrogens (primary N) is 3. The Morgan fingerprint density at radius 2 is 0.850 bits per heavy atom. The number of hydrogen-bond acceptors (Lipinski definition) is 3. The zero-order chi connectivity index (χ0) is 16.6. The standard InChI is InChI=1S/C14H30.3CH5N/c1-4-5-6-7-8-9-10-11-12-13-14(2)3;3*1-2/h14H,4-13H2,1-3H3;3*2H2,1H3. The first-order valence-corrected chi connectivity index (χ1v) is 8.50. The average Bonchev–Trinajstić information content (AvgIpc) is 2.51. The van der Waals surface area contributed by atoms with Gasteiger partial charge < -0.3 is 17.2 Å². The predicted octanol–water partition coefficient (Wildman–Crippen LogP) is 4.29. The Labute approximate surface area is 130 Å². The SMILES string of the molecule is CCCCCCCCCCCC(C)C.CN.CN.CN. The molecule has 0 fully saturated rings. The maximum absolute atomic E-state index is 4.50. The van der Waals surface area contributed by atoms with E-state index in [1.54, 1.807) is 0 Å².